The van der Waals surface area contributed by atoms with Crippen LogP contribution >= 0.6 is 11.8 Å². The number of nitrogens with one attached hydrogen (secondary N) is 2. The van der Waals surface area contributed by atoms with E-state index >= 15 is 0 Å². The van der Waals surface area contributed by atoms with Crippen molar-refractivity contribution in [1.29, 1.82) is 0 Å². The number of nitrogens with zero attached hydrogens (tertiary/aromatic N) is 1. The van der Waals surface area contributed by atoms with Gasteiger partial charge in [-0.15, -0.1) is 11.8 Å². The zero-order chi connectivity index (χ0) is 19.4. The lowest BCUT2D eigenvalue weighted by molar-refractivity contribution is 0.252. The van der Waals surface area contributed by atoms with Gasteiger partial charge in [-0.25, -0.2) is 4.79 Å². The average Bonchev–Trinajstić information content (AvgIpc) is 2.74. The summed E-state index contributed by atoms with van der Waals surface area (Å²) in [5.41, 5.74) is 1.54. The lowest BCUT2D eigenvalue weighted by Gasteiger charge is -2.10. The maximum absolute atomic E-state index is 12.1. The SMILES string of the molecule is O=C(NCCCSc1ccccc1)Nc1cccc(OCc2ccccn2)c1. The van der Waals surface area contributed by atoms with Crippen LogP contribution in [0.25, 0.3) is 0 Å². The lowest BCUT2D eigenvalue weighted by atomic mass is 10.3. The summed E-state index contributed by atoms with van der Waals surface area (Å²) in [6, 6.07) is 23.1. The third-order valence-electron chi connectivity index (χ3n) is 3.82. The number of urea groups is 1. The monoisotopic (exact) mass is 393 g/mol. The van der Waals surface area contributed by atoms with Gasteiger partial charge in [-0.2, -0.15) is 0 Å². The van der Waals surface area contributed by atoms with E-state index in [0.717, 1.165) is 17.9 Å². The molecule has 3 aromatic rings. The first-order valence-electron chi connectivity index (χ1n) is 9.15. The first kappa shape index (κ1) is 19.8. The van der Waals surface area contributed by atoms with Crippen molar-refractivity contribution in [2.75, 3.05) is 17.6 Å². The molecule has 0 aliphatic carbocycles. The maximum atomic E-state index is 12.1. The largest absolute Gasteiger partial charge is 0.487 e. The van der Waals surface area contributed by atoms with E-state index < -0.39 is 0 Å². The van der Waals surface area contributed by atoms with E-state index in [1.54, 1.807) is 24.0 Å². The van der Waals surface area contributed by atoms with E-state index in [2.05, 4.69) is 27.8 Å². The van der Waals surface area contributed by atoms with Crippen LogP contribution in [-0.2, 0) is 6.61 Å². The molecule has 28 heavy (non-hydrogen) atoms. The highest BCUT2D eigenvalue weighted by Gasteiger charge is 2.03. The van der Waals surface area contributed by atoms with E-state index in [0.29, 0.717) is 24.6 Å². The van der Waals surface area contributed by atoms with Crippen LogP contribution in [-0.4, -0.2) is 23.3 Å². The molecule has 0 radical (unpaired) electrons. The summed E-state index contributed by atoms with van der Waals surface area (Å²) in [4.78, 5) is 17.5. The molecule has 144 valence electrons. The second kappa shape index (κ2) is 11.0. The van der Waals surface area contributed by atoms with Crippen molar-refractivity contribution in [2.24, 2.45) is 0 Å². The number of hydrogen-bond acceptors (Lipinski definition) is 4. The predicted octanol–water partition coefficient (Wildman–Crippen LogP) is 4.96. The number of carbonyl (C=O) groups is 1. The van der Waals surface area contributed by atoms with Gasteiger partial charge in [0, 0.05) is 29.4 Å². The first-order chi connectivity index (χ1) is 13.8. The Morgan fingerprint density at radius 3 is 2.68 bits per heavy atom. The lowest BCUT2D eigenvalue weighted by Crippen LogP contribution is -2.29. The summed E-state index contributed by atoms with van der Waals surface area (Å²) in [5.74, 6) is 1.64. The number of hydrogen-bond donors (Lipinski definition) is 2. The van der Waals surface area contributed by atoms with Crippen LogP contribution in [0.2, 0.25) is 0 Å². The Morgan fingerprint density at radius 1 is 1.00 bits per heavy atom. The topological polar surface area (TPSA) is 63.2 Å². The molecule has 0 saturated heterocycles. The van der Waals surface area contributed by atoms with E-state index in [9.17, 15) is 4.79 Å². The number of aromatic nitrogens is 1. The fourth-order valence-corrected chi connectivity index (χ4v) is 3.33. The van der Waals surface area contributed by atoms with Crippen molar-refractivity contribution < 1.29 is 9.53 Å². The minimum atomic E-state index is -0.216. The molecule has 3 rings (SSSR count). The van der Waals surface area contributed by atoms with Gasteiger partial charge >= 0.3 is 6.03 Å². The van der Waals surface area contributed by atoms with Gasteiger partial charge in [-0.1, -0.05) is 30.3 Å². The smallest absolute Gasteiger partial charge is 0.319 e. The summed E-state index contributed by atoms with van der Waals surface area (Å²) in [6.45, 7) is 1.01. The van der Waals surface area contributed by atoms with Crippen molar-refractivity contribution >= 4 is 23.5 Å². The van der Waals surface area contributed by atoms with Gasteiger partial charge in [0.2, 0.25) is 0 Å². The number of thioether (sulfide) groups is 1. The summed E-state index contributed by atoms with van der Waals surface area (Å²) in [5, 5.41) is 5.72. The normalized spacial score (nSPS) is 10.3. The number of rotatable bonds is 9. The molecule has 2 amide bonds. The van der Waals surface area contributed by atoms with Gasteiger partial charge in [-0.3, -0.25) is 4.98 Å². The highest BCUT2D eigenvalue weighted by molar-refractivity contribution is 7.99. The van der Waals surface area contributed by atoms with Crippen molar-refractivity contribution in [2.45, 2.75) is 17.9 Å². The Morgan fingerprint density at radius 2 is 1.86 bits per heavy atom. The molecule has 0 fully saturated rings. The second-order valence-corrected chi connectivity index (χ2v) is 7.20. The molecule has 0 aliphatic rings. The maximum Gasteiger partial charge on any atom is 0.319 e. The molecule has 0 saturated carbocycles. The van der Waals surface area contributed by atoms with Crippen molar-refractivity contribution in [1.82, 2.24) is 10.3 Å². The second-order valence-electron chi connectivity index (χ2n) is 6.03. The van der Waals surface area contributed by atoms with Crippen molar-refractivity contribution in [3.63, 3.8) is 0 Å². The molecule has 0 unspecified atom stereocenters. The number of pyridine rings is 1. The van der Waals surface area contributed by atoms with Crippen LogP contribution in [0.3, 0.4) is 0 Å². The molecule has 2 N–H and O–H groups in total. The zero-order valence-corrected chi connectivity index (χ0v) is 16.3. The average molecular weight is 394 g/mol. The molecule has 2 aromatic carbocycles. The van der Waals surface area contributed by atoms with Gasteiger partial charge in [0.05, 0.1) is 5.69 Å². The van der Waals surface area contributed by atoms with Crippen LogP contribution < -0.4 is 15.4 Å². The van der Waals surface area contributed by atoms with E-state index in [1.165, 1.54) is 4.90 Å². The Hall–Kier alpha value is -2.99. The van der Waals surface area contributed by atoms with E-state index in [4.69, 9.17) is 4.74 Å². The van der Waals surface area contributed by atoms with Gasteiger partial charge in [-0.05, 0) is 48.6 Å². The standard InChI is InChI=1S/C22H23N3O2S/c26-22(24-14-7-15-28-21-11-2-1-3-12-21)25-18-9-6-10-20(16-18)27-17-19-8-4-5-13-23-19/h1-6,8-13,16H,7,14-15,17H2,(H2,24,25,26). The van der Waals surface area contributed by atoms with E-state index in [1.807, 2.05) is 54.6 Å². The Bertz CT molecular complexity index is 860. The Balaban J connectivity index is 1.36. The quantitative estimate of drug-likeness (QED) is 0.398. The molecular weight excluding hydrogens is 370 g/mol. The van der Waals surface area contributed by atoms with Gasteiger partial charge < -0.3 is 15.4 Å². The van der Waals surface area contributed by atoms with Gasteiger partial charge in [0.25, 0.3) is 0 Å². The Labute approximate surface area is 169 Å². The highest BCUT2D eigenvalue weighted by Crippen LogP contribution is 2.19. The summed E-state index contributed by atoms with van der Waals surface area (Å²) < 4.78 is 5.73. The molecule has 1 heterocycles. The minimum Gasteiger partial charge on any atom is -0.487 e. The first-order valence-corrected chi connectivity index (χ1v) is 10.1. The Kier molecular flexibility index (Phi) is 7.76. The molecule has 6 heteroatoms. The minimum absolute atomic E-state index is 0.216. The zero-order valence-electron chi connectivity index (χ0n) is 15.5. The molecule has 5 nitrogen and oxygen atoms in total. The summed E-state index contributed by atoms with van der Waals surface area (Å²) >= 11 is 1.79. The molecule has 0 spiro atoms. The van der Waals surface area contributed by atoms with Crippen molar-refractivity contribution in [3.05, 3.63) is 84.7 Å². The number of amides is 2. The fraction of sp³-hybridized carbons (Fsp3) is 0.182. The summed E-state index contributed by atoms with van der Waals surface area (Å²) in [7, 11) is 0. The number of ether oxygens (including phenoxy) is 1. The third-order valence-corrected chi connectivity index (χ3v) is 4.92. The van der Waals surface area contributed by atoms with Crippen molar-refractivity contribution in [3.8, 4) is 5.75 Å². The van der Waals surface area contributed by atoms with Crippen LogP contribution in [0.5, 0.6) is 5.75 Å². The van der Waals surface area contributed by atoms with Crippen LogP contribution in [0.4, 0.5) is 10.5 Å². The molecule has 0 atom stereocenters. The third kappa shape index (κ3) is 6.96. The van der Waals surface area contributed by atoms with Crippen LogP contribution in [0, 0.1) is 0 Å². The molecule has 0 bridgehead atoms. The van der Waals surface area contributed by atoms with E-state index in [-0.39, 0.29) is 6.03 Å². The van der Waals surface area contributed by atoms with Gasteiger partial charge in [0.1, 0.15) is 12.4 Å². The molecule has 0 aliphatic heterocycles. The number of carbonyl (C=O) groups excluding carboxylic acids is 1. The number of benzene rings is 2. The summed E-state index contributed by atoms with van der Waals surface area (Å²) in [6.07, 6.45) is 2.64. The number of anilines is 1. The van der Waals surface area contributed by atoms with Crippen LogP contribution in [0.1, 0.15) is 12.1 Å². The molecule has 1 aromatic heterocycles. The fourth-order valence-electron chi connectivity index (χ4n) is 2.46. The predicted molar refractivity (Wildman–Crippen MR) is 114 cm³/mol. The van der Waals surface area contributed by atoms with Gasteiger partial charge in [0.15, 0.2) is 0 Å². The highest BCUT2D eigenvalue weighted by atomic mass is 32.2. The molecular formula is C22H23N3O2S. The van der Waals surface area contributed by atoms with Crippen LogP contribution in [0.15, 0.2) is 83.9 Å².